The summed E-state index contributed by atoms with van der Waals surface area (Å²) in [5.74, 6) is 2.06. The van der Waals surface area contributed by atoms with Gasteiger partial charge in [-0.05, 0) is 50.6 Å². The van der Waals surface area contributed by atoms with Gasteiger partial charge in [0.1, 0.15) is 5.75 Å². The highest BCUT2D eigenvalue weighted by molar-refractivity contribution is 7.12. The Labute approximate surface area is 151 Å². The van der Waals surface area contributed by atoms with E-state index in [9.17, 15) is 0 Å². The molecule has 0 amide bonds. The summed E-state index contributed by atoms with van der Waals surface area (Å²) in [6, 6.07) is 12.6. The van der Waals surface area contributed by atoms with Gasteiger partial charge >= 0.3 is 0 Å². The Morgan fingerprint density at radius 2 is 2.24 bits per heavy atom. The quantitative estimate of drug-likeness (QED) is 0.677. The second kappa shape index (κ2) is 6.98. The molecule has 1 aliphatic heterocycles. The van der Waals surface area contributed by atoms with E-state index in [2.05, 4.69) is 34.1 Å². The molecule has 6 heteroatoms. The van der Waals surface area contributed by atoms with Crippen molar-refractivity contribution in [2.45, 2.75) is 32.4 Å². The van der Waals surface area contributed by atoms with Crippen molar-refractivity contribution >= 4 is 11.3 Å². The Hall–Kier alpha value is -2.18. The zero-order valence-electron chi connectivity index (χ0n) is 14.4. The number of aryl methyl sites for hydroxylation is 1. The molecule has 25 heavy (non-hydrogen) atoms. The van der Waals surface area contributed by atoms with Crippen molar-refractivity contribution in [2.75, 3.05) is 13.7 Å². The van der Waals surface area contributed by atoms with E-state index in [1.165, 1.54) is 22.6 Å². The molecule has 130 valence electrons. The van der Waals surface area contributed by atoms with Gasteiger partial charge in [-0.2, -0.15) is 4.98 Å². The van der Waals surface area contributed by atoms with Crippen LogP contribution in [0, 0.1) is 6.92 Å². The van der Waals surface area contributed by atoms with Gasteiger partial charge in [-0.15, -0.1) is 11.3 Å². The van der Waals surface area contributed by atoms with Crippen molar-refractivity contribution in [2.24, 2.45) is 0 Å². The van der Waals surface area contributed by atoms with Crippen molar-refractivity contribution in [1.82, 2.24) is 15.0 Å². The Bertz CT molecular complexity index is 858. The zero-order chi connectivity index (χ0) is 17.2. The molecule has 1 saturated heterocycles. The summed E-state index contributed by atoms with van der Waals surface area (Å²) in [6.07, 6.45) is 2.40. The third kappa shape index (κ3) is 3.45. The summed E-state index contributed by atoms with van der Waals surface area (Å²) < 4.78 is 10.8. The molecule has 0 spiro atoms. The number of ether oxygens (including phenoxy) is 1. The summed E-state index contributed by atoms with van der Waals surface area (Å²) in [6.45, 7) is 3.92. The Balaban J connectivity index is 1.50. The van der Waals surface area contributed by atoms with E-state index in [1.54, 1.807) is 7.11 Å². The van der Waals surface area contributed by atoms with E-state index in [-0.39, 0.29) is 0 Å². The largest absolute Gasteiger partial charge is 0.497 e. The number of hydrogen-bond acceptors (Lipinski definition) is 6. The minimum absolute atomic E-state index is 0.464. The van der Waals surface area contributed by atoms with Crippen LogP contribution in [0.3, 0.4) is 0 Å². The predicted molar refractivity (Wildman–Crippen MR) is 97.7 cm³/mol. The minimum atomic E-state index is 0.464. The molecular formula is C19H21N3O2S. The van der Waals surface area contributed by atoms with Crippen LogP contribution < -0.4 is 4.74 Å². The van der Waals surface area contributed by atoms with Crippen molar-refractivity contribution in [3.05, 3.63) is 52.0 Å². The summed E-state index contributed by atoms with van der Waals surface area (Å²) in [7, 11) is 1.65. The molecule has 3 aromatic rings. The molecule has 0 saturated carbocycles. The van der Waals surface area contributed by atoms with Gasteiger partial charge < -0.3 is 9.26 Å². The number of hydrogen-bond donors (Lipinski definition) is 0. The average Bonchev–Trinajstić information content (AvgIpc) is 3.36. The number of nitrogens with zero attached hydrogens (tertiary/aromatic N) is 3. The van der Waals surface area contributed by atoms with Crippen LogP contribution in [0.5, 0.6) is 5.75 Å². The smallest absolute Gasteiger partial charge is 0.241 e. The van der Waals surface area contributed by atoms with Crippen molar-refractivity contribution in [1.29, 1.82) is 0 Å². The summed E-state index contributed by atoms with van der Waals surface area (Å²) in [5.41, 5.74) is 0.904. The van der Waals surface area contributed by atoms with E-state index in [4.69, 9.17) is 9.26 Å². The van der Waals surface area contributed by atoms with Crippen LogP contribution in [0.4, 0.5) is 0 Å². The monoisotopic (exact) mass is 355 g/mol. The van der Waals surface area contributed by atoms with Crippen LogP contribution in [-0.4, -0.2) is 28.7 Å². The predicted octanol–water partition coefficient (Wildman–Crippen LogP) is 4.45. The standard InChI is InChI=1S/C19H21N3O2S/c1-13-8-9-17(25-13)16-7-4-10-22(16)12-18-20-19(21-24-18)14-5-3-6-15(11-14)23-2/h3,5-6,8-9,11,16H,4,7,10,12H2,1-2H3. The molecule has 3 heterocycles. The Kier molecular flexibility index (Phi) is 4.55. The maximum atomic E-state index is 5.50. The van der Waals surface area contributed by atoms with Crippen LogP contribution >= 0.6 is 11.3 Å². The molecule has 1 fully saturated rings. The number of benzene rings is 1. The Morgan fingerprint density at radius 3 is 3.04 bits per heavy atom. The minimum Gasteiger partial charge on any atom is -0.497 e. The zero-order valence-corrected chi connectivity index (χ0v) is 15.3. The third-order valence-corrected chi connectivity index (χ3v) is 5.69. The first-order valence-electron chi connectivity index (χ1n) is 8.50. The molecule has 4 rings (SSSR count). The molecular weight excluding hydrogens is 334 g/mol. The van der Waals surface area contributed by atoms with Gasteiger partial charge in [-0.1, -0.05) is 17.3 Å². The highest BCUT2D eigenvalue weighted by Gasteiger charge is 2.28. The van der Waals surface area contributed by atoms with Gasteiger partial charge in [-0.25, -0.2) is 0 Å². The second-order valence-corrected chi connectivity index (χ2v) is 7.64. The van der Waals surface area contributed by atoms with E-state index in [0.717, 1.165) is 17.9 Å². The summed E-state index contributed by atoms with van der Waals surface area (Å²) in [5, 5.41) is 4.14. The lowest BCUT2D eigenvalue weighted by Crippen LogP contribution is -2.22. The van der Waals surface area contributed by atoms with Crippen LogP contribution in [-0.2, 0) is 6.54 Å². The highest BCUT2D eigenvalue weighted by Crippen LogP contribution is 2.36. The fourth-order valence-corrected chi connectivity index (χ4v) is 4.39. The van der Waals surface area contributed by atoms with Crippen LogP contribution in [0.2, 0.25) is 0 Å². The normalized spacial score (nSPS) is 17.9. The lowest BCUT2D eigenvalue weighted by molar-refractivity contribution is 0.214. The van der Waals surface area contributed by atoms with Gasteiger partial charge in [0.05, 0.1) is 13.7 Å². The SMILES string of the molecule is COc1cccc(-c2noc(CN3CCCC3c3ccc(C)s3)n2)c1. The Morgan fingerprint density at radius 1 is 1.32 bits per heavy atom. The maximum Gasteiger partial charge on any atom is 0.241 e. The topological polar surface area (TPSA) is 51.4 Å². The molecule has 1 unspecified atom stereocenters. The molecule has 1 aromatic carbocycles. The number of thiophene rings is 1. The van der Waals surface area contributed by atoms with Gasteiger partial charge in [0.15, 0.2) is 0 Å². The molecule has 1 aliphatic rings. The molecule has 1 atom stereocenters. The molecule has 0 radical (unpaired) electrons. The van der Waals surface area contributed by atoms with Gasteiger partial charge in [-0.3, -0.25) is 4.90 Å². The maximum absolute atomic E-state index is 5.50. The lowest BCUT2D eigenvalue weighted by atomic mass is 10.2. The highest BCUT2D eigenvalue weighted by atomic mass is 32.1. The van der Waals surface area contributed by atoms with Gasteiger partial charge in [0.25, 0.3) is 0 Å². The lowest BCUT2D eigenvalue weighted by Gasteiger charge is -2.21. The fraction of sp³-hybridized carbons (Fsp3) is 0.368. The first kappa shape index (κ1) is 16.3. The second-order valence-electron chi connectivity index (χ2n) is 6.32. The number of likely N-dealkylation sites (tertiary alicyclic amines) is 1. The third-order valence-electron chi connectivity index (χ3n) is 4.59. The molecule has 0 N–H and O–H groups in total. The molecule has 5 nitrogen and oxygen atoms in total. The fourth-order valence-electron chi connectivity index (χ4n) is 3.34. The molecule has 0 bridgehead atoms. The molecule has 2 aromatic heterocycles. The number of methoxy groups -OCH3 is 1. The van der Waals surface area contributed by atoms with Crippen LogP contribution in [0.15, 0.2) is 40.9 Å². The number of rotatable bonds is 5. The molecule has 0 aliphatic carbocycles. The summed E-state index contributed by atoms with van der Waals surface area (Å²) in [4.78, 5) is 9.81. The van der Waals surface area contributed by atoms with Crippen molar-refractivity contribution < 1.29 is 9.26 Å². The van der Waals surface area contributed by atoms with Crippen molar-refractivity contribution in [3.8, 4) is 17.1 Å². The first-order chi connectivity index (χ1) is 12.2. The number of aromatic nitrogens is 2. The average molecular weight is 355 g/mol. The van der Waals surface area contributed by atoms with E-state index < -0.39 is 0 Å². The van der Waals surface area contributed by atoms with Gasteiger partial charge in [0, 0.05) is 21.4 Å². The summed E-state index contributed by atoms with van der Waals surface area (Å²) >= 11 is 1.88. The van der Waals surface area contributed by atoms with E-state index in [0.29, 0.717) is 24.3 Å². The van der Waals surface area contributed by atoms with E-state index in [1.807, 2.05) is 35.6 Å². The van der Waals surface area contributed by atoms with E-state index >= 15 is 0 Å². The van der Waals surface area contributed by atoms with Gasteiger partial charge in [0.2, 0.25) is 11.7 Å². The van der Waals surface area contributed by atoms with Crippen molar-refractivity contribution in [3.63, 3.8) is 0 Å². The van der Waals surface area contributed by atoms with Crippen LogP contribution in [0.1, 0.15) is 34.5 Å². The first-order valence-corrected chi connectivity index (χ1v) is 9.32. The van der Waals surface area contributed by atoms with Crippen LogP contribution in [0.25, 0.3) is 11.4 Å².